The molecule has 0 radical (unpaired) electrons. The molecule has 1 aliphatic heterocycles. The maximum atomic E-state index is 12.5. The molecule has 3 rings (SSSR count). The first-order chi connectivity index (χ1) is 13.2. The van der Waals surface area contributed by atoms with Gasteiger partial charge in [0, 0.05) is 13.0 Å². The summed E-state index contributed by atoms with van der Waals surface area (Å²) in [6, 6.07) is 10.4. The highest BCUT2D eigenvalue weighted by atomic mass is 16.5. The number of ether oxygens (including phenoxy) is 2. The molecular formula is C21H27N3O3. The summed E-state index contributed by atoms with van der Waals surface area (Å²) in [5.41, 5.74) is 1.33. The Morgan fingerprint density at radius 1 is 1.19 bits per heavy atom. The van der Waals surface area contributed by atoms with Crippen LogP contribution in [0.3, 0.4) is 0 Å². The van der Waals surface area contributed by atoms with Gasteiger partial charge in [-0.1, -0.05) is 30.3 Å². The lowest BCUT2D eigenvalue weighted by Crippen LogP contribution is -2.44. The monoisotopic (exact) mass is 369 g/mol. The molecule has 144 valence electrons. The van der Waals surface area contributed by atoms with Gasteiger partial charge < -0.3 is 14.4 Å². The van der Waals surface area contributed by atoms with Crippen LogP contribution < -0.4 is 9.47 Å². The van der Waals surface area contributed by atoms with Crippen molar-refractivity contribution in [3.05, 3.63) is 48.3 Å². The summed E-state index contributed by atoms with van der Waals surface area (Å²) in [5, 5.41) is 0. The largest absolute Gasteiger partial charge is 0.480 e. The number of aryl methyl sites for hydroxylation is 1. The fourth-order valence-electron chi connectivity index (χ4n) is 3.33. The van der Waals surface area contributed by atoms with Crippen molar-refractivity contribution < 1.29 is 14.3 Å². The van der Waals surface area contributed by atoms with Crippen LogP contribution in [-0.2, 0) is 11.2 Å². The molecule has 6 heteroatoms. The van der Waals surface area contributed by atoms with Crippen LogP contribution in [0.2, 0.25) is 0 Å². The SMILES string of the molecule is COc1cncc(OC2CCCN(C(=O)CCCCc3ccccc3)C2)n1. The van der Waals surface area contributed by atoms with Crippen LogP contribution in [0.4, 0.5) is 0 Å². The number of benzene rings is 1. The van der Waals surface area contributed by atoms with E-state index >= 15 is 0 Å². The molecule has 0 spiro atoms. The van der Waals surface area contributed by atoms with Crippen LogP contribution in [0, 0.1) is 0 Å². The minimum absolute atomic E-state index is 0.0478. The normalized spacial score (nSPS) is 16.8. The fraction of sp³-hybridized carbons (Fsp3) is 0.476. The number of piperidine rings is 1. The van der Waals surface area contributed by atoms with Gasteiger partial charge in [0.2, 0.25) is 17.7 Å². The van der Waals surface area contributed by atoms with E-state index in [-0.39, 0.29) is 12.0 Å². The summed E-state index contributed by atoms with van der Waals surface area (Å²) in [6.45, 7) is 1.41. The van der Waals surface area contributed by atoms with Crippen LogP contribution in [-0.4, -0.2) is 47.1 Å². The number of rotatable bonds is 8. The van der Waals surface area contributed by atoms with Crippen LogP contribution in [0.5, 0.6) is 11.8 Å². The first-order valence-corrected chi connectivity index (χ1v) is 9.59. The van der Waals surface area contributed by atoms with Crippen molar-refractivity contribution in [2.45, 2.75) is 44.6 Å². The van der Waals surface area contributed by atoms with Crippen molar-refractivity contribution in [3.8, 4) is 11.8 Å². The lowest BCUT2D eigenvalue weighted by atomic mass is 10.1. The van der Waals surface area contributed by atoms with E-state index in [0.717, 1.165) is 38.6 Å². The summed E-state index contributed by atoms with van der Waals surface area (Å²) in [7, 11) is 1.55. The summed E-state index contributed by atoms with van der Waals surface area (Å²) >= 11 is 0. The Balaban J connectivity index is 1.42. The van der Waals surface area contributed by atoms with Gasteiger partial charge >= 0.3 is 0 Å². The highest BCUT2D eigenvalue weighted by Crippen LogP contribution is 2.19. The molecule has 0 aliphatic carbocycles. The molecule has 2 aromatic rings. The van der Waals surface area contributed by atoms with E-state index in [9.17, 15) is 4.79 Å². The topological polar surface area (TPSA) is 64.6 Å². The maximum Gasteiger partial charge on any atom is 0.235 e. The van der Waals surface area contributed by atoms with Crippen molar-refractivity contribution >= 4 is 5.91 Å². The van der Waals surface area contributed by atoms with Gasteiger partial charge in [0.05, 0.1) is 26.0 Å². The van der Waals surface area contributed by atoms with E-state index in [1.54, 1.807) is 19.5 Å². The van der Waals surface area contributed by atoms with Crippen molar-refractivity contribution in [1.82, 2.24) is 14.9 Å². The predicted molar refractivity (Wildman–Crippen MR) is 103 cm³/mol. The molecule has 0 N–H and O–H groups in total. The average molecular weight is 369 g/mol. The molecule has 6 nitrogen and oxygen atoms in total. The zero-order valence-corrected chi connectivity index (χ0v) is 15.8. The smallest absolute Gasteiger partial charge is 0.235 e. The van der Waals surface area contributed by atoms with E-state index in [0.29, 0.717) is 24.7 Å². The molecule has 1 amide bonds. The van der Waals surface area contributed by atoms with Gasteiger partial charge in [-0.15, -0.1) is 0 Å². The molecule has 1 unspecified atom stereocenters. The molecule has 1 aromatic heterocycles. The molecule has 1 fully saturated rings. The van der Waals surface area contributed by atoms with E-state index in [1.165, 1.54) is 5.56 Å². The van der Waals surface area contributed by atoms with Crippen molar-refractivity contribution in [2.75, 3.05) is 20.2 Å². The molecule has 1 aromatic carbocycles. The number of likely N-dealkylation sites (tertiary alicyclic amines) is 1. The van der Waals surface area contributed by atoms with Gasteiger partial charge in [0.1, 0.15) is 6.10 Å². The molecule has 1 aliphatic rings. The van der Waals surface area contributed by atoms with E-state index in [1.807, 2.05) is 11.0 Å². The second-order valence-electron chi connectivity index (χ2n) is 6.81. The second-order valence-corrected chi connectivity index (χ2v) is 6.81. The van der Waals surface area contributed by atoms with Gasteiger partial charge in [-0.3, -0.25) is 9.78 Å². The Hall–Kier alpha value is -2.63. The maximum absolute atomic E-state index is 12.5. The third-order valence-corrected chi connectivity index (χ3v) is 4.77. The Morgan fingerprint density at radius 3 is 2.81 bits per heavy atom. The van der Waals surface area contributed by atoms with Crippen molar-refractivity contribution in [2.24, 2.45) is 0 Å². The standard InChI is InChI=1S/C21H27N3O3/c1-26-19-14-22-15-20(23-19)27-18-11-7-13-24(16-18)21(25)12-6-5-10-17-8-3-2-4-9-17/h2-4,8-9,14-15,18H,5-7,10-13,16H2,1H3. The van der Waals surface area contributed by atoms with Gasteiger partial charge in [-0.25, -0.2) is 0 Å². The van der Waals surface area contributed by atoms with Crippen LogP contribution >= 0.6 is 0 Å². The number of aromatic nitrogens is 2. The summed E-state index contributed by atoms with van der Waals surface area (Å²) < 4.78 is 11.0. The zero-order valence-electron chi connectivity index (χ0n) is 15.8. The van der Waals surface area contributed by atoms with E-state index in [4.69, 9.17) is 9.47 Å². The van der Waals surface area contributed by atoms with Gasteiger partial charge in [-0.05, 0) is 37.7 Å². The first-order valence-electron chi connectivity index (χ1n) is 9.59. The van der Waals surface area contributed by atoms with E-state index < -0.39 is 0 Å². The Morgan fingerprint density at radius 2 is 2.00 bits per heavy atom. The van der Waals surface area contributed by atoms with Crippen LogP contribution in [0.15, 0.2) is 42.7 Å². The second kappa shape index (κ2) is 9.90. The number of unbranched alkanes of at least 4 members (excludes halogenated alkanes) is 1. The van der Waals surface area contributed by atoms with Crippen molar-refractivity contribution in [3.63, 3.8) is 0 Å². The predicted octanol–water partition coefficient (Wildman–Crippen LogP) is 3.27. The third-order valence-electron chi connectivity index (χ3n) is 4.77. The van der Waals surface area contributed by atoms with Crippen LogP contribution in [0.1, 0.15) is 37.7 Å². The minimum atomic E-state index is -0.0478. The third kappa shape index (κ3) is 5.94. The summed E-state index contributed by atoms with van der Waals surface area (Å²) in [6.07, 6.45) is 8.49. The number of methoxy groups -OCH3 is 1. The van der Waals surface area contributed by atoms with Gasteiger partial charge in [0.15, 0.2) is 0 Å². The molecule has 1 saturated heterocycles. The Kier molecular flexibility index (Phi) is 7.02. The lowest BCUT2D eigenvalue weighted by molar-refractivity contribution is -0.134. The minimum Gasteiger partial charge on any atom is -0.480 e. The molecule has 0 bridgehead atoms. The Labute approximate surface area is 160 Å². The number of amides is 1. The number of carbonyl (C=O) groups excluding carboxylic acids is 1. The lowest BCUT2D eigenvalue weighted by Gasteiger charge is -2.32. The Bertz CT molecular complexity index is 724. The number of hydrogen-bond donors (Lipinski definition) is 0. The molecule has 27 heavy (non-hydrogen) atoms. The average Bonchev–Trinajstić information content (AvgIpc) is 2.72. The highest BCUT2D eigenvalue weighted by Gasteiger charge is 2.25. The fourth-order valence-corrected chi connectivity index (χ4v) is 3.33. The highest BCUT2D eigenvalue weighted by molar-refractivity contribution is 5.76. The molecule has 0 saturated carbocycles. The van der Waals surface area contributed by atoms with Crippen LogP contribution in [0.25, 0.3) is 0 Å². The molecular weight excluding hydrogens is 342 g/mol. The first kappa shape index (κ1) is 19.1. The number of nitrogens with zero attached hydrogens (tertiary/aromatic N) is 3. The number of hydrogen-bond acceptors (Lipinski definition) is 5. The molecule has 1 atom stereocenters. The van der Waals surface area contributed by atoms with Crippen molar-refractivity contribution in [1.29, 1.82) is 0 Å². The molecule has 2 heterocycles. The number of carbonyl (C=O) groups is 1. The summed E-state index contributed by atoms with van der Waals surface area (Å²) in [5.74, 6) is 1.08. The van der Waals surface area contributed by atoms with E-state index in [2.05, 4.69) is 34.2 Å². The van der Waals surface area contributed by atoms with Gasteiger partial charge in [0.25, 0.3) is 0 Å². The van der Waals surface area contributed by atoms with Gasteiger partial charge in [-0.2, -0.15) is 4.98 Å². The summed E-state index contributed by atoms with van der Waals surface area (Å²) in [4.78, 5) is 22.7. The quantitative estimate of drug-likeness (QED) is 0.668. The zero-order chi connectivity index (χ0) is 18.9.